The van der Waals surface area contributed by atoms with E-state index in [9.17, 15) is 4.79 Å². The van der Waals surface area contributed by atoms with Gasteiger partial charge in [0.05, 0.1) is 19.9 Å². The summed E-state index contributed by atoms with van der Waals surface area (Å²) in [5.41, 5.74) is 2.63. The zero-order valence-electron chi connectivity index (χ0n) is 16.5. The summed E-state index contributed by atoms with van der Waals surface area (Å²) >= 11 is 0. The van der Waals surface area contributed by atoms with Crippen LogP contribution in [0.15, 0.2) is 54.6 Å². The SMILES string of the molecule is COc1ccc(C(=O)N[C@@H]2CCN(c3cc(-c4ccc(OC)cc4)[nH]n3)C2)cc1. The fourth-order valence-corrected chi connectivity index (χ4v) is 3.49. The largest absolute Gasteiger partial charge is 0.497 e. The molecule has 7 heteroatoms. The summed E-state index contributed by atoms with van der Waals surface area (Å²) < 4.78 is 10.3. The number of H-pyrrole nitrogens is 1. The Morgan fingerprint density at radius 2 is 1.72 bits per heavy atom. The molecule has 29 heavy (non-hydrogen) atoms. The van der Waals surface area contributed by atoms with Crippen molar-refractivity contribution in [2.45, 2.75) is 12.5 Å². The summed E-state index contributed by atoms with van der Waals surface area (Å²) in [5, 5.41) is 10.7. The maximum Gasteiger partial charge on any atom is 0.251 e. The van der Waals surface area contributed by atoms with Crippen LogP contribution in [0.4, 0.5) is 5.82 Å². The van der Waals surface area contributed by atoms with Crippen LogP contribution in [0.25, 0.3) is 11.3 Å². The predicted molar refractivity (Wildman–Crippen MR) is 112 cm³/mol. The van der Waals surface area contributed by atoms with E-state index in [1.165, 1.54) is 0 Å². The number of amides is 1. The standard InChI is InChI=1S/C22H24N4O3/c1-28-18-7-3-15(4-8-18)20-13-21(25-24-20)26-12-11-17(14-26)23-22(27)16-5-9-19(29-2)10-6-16/h3-10,13,17H,11-12,14H2,1-2H3,(H,23,27)(H,24,25)/t17-/m1/s1. The van der Waals surface area contributed by atoms with Gasteiger partial charge in [-0.25, -0.2) is 0 Å². The van der Waals surface area contributed by atoms with Gasteiger partial charge in [-0.3, -0.25) is 9.89 Å². The third-order valence-corrected chi connectivity index (χ3v) is 5.17. The van der Waals surface area contributed by atoms with Gasteiger partial charge in [0.25, 0.3) is 5.91 Å². The van der Waals surface area contributed by atoms with Crippen LogP contribution in [0.1, 0.15) is 16.8 Å². The van der Waals surface area contributed by atoms with Crippen LogP contribution in [0.5, 0.6) is 11.5 Å². The van der Waals surface area contributed by atoms with Crippen molar-refractivity contribution in [2.75, 3.05) is 32.2 Å². The highest BCUT2D eigenvalue weighted by atomic mass is 16.5. The molecule has 1 fully saturated rings. The first-order valence-electron chi connectivity index (χ1n) is 9.56. The molecule has 1 aliphatic heterocycles. The van der Waals surface area contributed by atoms with Crippen LogP contribution in [-0.2, 0) is 0 Å². The Hall–Kier alpha value is -3.48. The Morgan fingerprint density at radius 1 is 1.07 bits per heavy atom. The van der Waals surface area contributed by atoms with Crippen LogP contribution < -0.4 is 19.7 Å². The average molecular weight is 392 g/mol. The van der Waals surface area contributed by atoms with Gasteiger partial charge in [0, 0.05) is 30.8 Å². The van der Waals surface area contributed by atoms with Crippen molar-refractivity contribution in [3.63, 3.8) is 0 Å². The maximum atomic E-state index is 12.5. The molecule has 2 heterocycles. The lowest BCUT2D eigenvalue weighted by atomic mass is 10.1. The first-order valence-corrected chi connectivity index (χ1v) is 9.56. The molecule has 1 aromatic heterocycles. The normalized spacial score (nSPS) is 15.9. The zero-order valence-corrected chi connectivity index (χ0v) is 16.5. The minimum absolute atomic E-state index is 0.0690. The third-order valence-electron chi connectivity index (χ3n) is 5.17. The average Bonchev–Trinajstić information content (AvgIpc) is 3.43. The second-order valence-electron chi connectivity index (χ2n) is 7.00. The molecule has 0 unspecified atom stereocenters. The van der Waals surface area contributed by atoms with E-state index in [-0.39, 0.29) is 11.9 Å². The molecular formula is C22H24N4O3. The molecular weight excluding hydrogens is 368 g/mol. The lowest BCUT2D eigenvalue weighted by Crippen LogP contribution is -2.37. The highest BCUT2D eigenvalue weighted by Crippen LogP contribution is 2.26. The second-order valence-corrected chi connectivity index (χ2v) is 7.00. The van der Waals surface area contributed by atoms with Gasteiger partial charge >= 0.3 is 0 Å². The van der Waals surface area contributed by atoms with E-state index in [0.717, 1.165) is 48.1 Å². The van der Waals surface area contributed by atoms with E-state index < -0.39 is 0 Å². The number of nitrogens with one attached hydrogen (secondary N) is 2. The van der Waals surface area contributed by atoms with Crippen LogP contribution in [0, 0.1) is 0 Å². The Labute approximate surface area is 169 Å². The first kappa shape index (κ1) is 18.9. The number of benzene rings is 2. The molecule has 0 saturated carbocycles. The summed E-state index contributed by atoms with van der Waals surface area (Å²) in [6.07, 6.45) is 0.882. The number of ether oxygens (including phenoxy) is 2. The lowest BCUT2D eigenvalue weighted by molar-refractivity contribution is 0.0940. The topological polar surface area (TPSA) is 79.5 Å². The number of rotatable bonds is 6. The van der Waals surface area contributed by atoms with Gasteiger partial charge in [0.2, 0.25) is 0 Å². The number of nitrogens with zero attached hydrogens (tertiary/aromatic N) is 2. The Kier molecular flexibility index (Phi) is 5.37. The molecule has 1 aliphatic rings. The molecule has 0 aliphatic carbocycles. The monoisotopic (exact) mass is 392 g/mol. The molecule has 4 rings (SSSR count). The molecule has 0 radical (unpaired) electrons. The molecule has 150 valence electrons. The molecule has 2 aromatic carbocycles. The molecule has 1 amide bonds. The van der Waals surface area contributed by atoms with Crippen LogP contribution in [-0.4, -0.2) is 49.5 Å². The van der Waals surface area contributed by atoms with Crippen molar-refractivity contribution in [1.29, 1.82) is 0 Å². The molecule has 2 N–H and O–H groups in total. The van der Waals surface area contributed by atoms with Crippen molar-refractivity contribution >= 4 is 11.7 Å². The highest BCUT2D eigenvalue weighted by Gasteiger charge is 2.26. The van der Waals surface area contributed by atoms with Crippen molar-refractivity contribution in [2.24, 2.45) is 0 Å². The minimum atomic E-state index is -0.0690. The number of anilines is 1. The number of aromatic amines is 1. The quantitative estimate of drug-likeness (QED) is 0.674. The van der Waals surface area contributed by atoms with Crippen molar-refractivity contribution in [1.82, 2.24) is 15.5 Å². The van der Waals surface area contributed by atoms with Crippen molar-refractivity contribution in [3.05, 3.63) is 60.2 Å². The Morgan fingerprint density at radius 3 is 2.38 bits per heavy atom. The molecule has 3 aromatic rings. The number of methoxy groups -OCH3 is 2. The lowest BCUT2D eigenvalue weighted by Gasteiger charge is -2.16. The van der Waals surface area contributed by atoms with Gasteiger partial charge in [0.1, 0.15) is 11.5 Å². The van der Waals surface area contributed by atoms with Crippen molar-refractivity contribution < 1.29 is 14.3 Å². The van der Waals surface area contributed by atoms with Gasteiger partial charge in [-0.1, -0.05) is 0 Å². The van der Waals surface area contributed by atoms with Gasteiger partial charge < -0.3 is 19.7 Å². The molecule has 0 bridgehead atoms. The van der Waals surface area contributed by atoms with Gasteiger partial charge in [-0.15, -0.1) is 0 Å². The minimum Gasteiger partial charge on any atom is -0.497 e. The summed E-state index contributed by atoms with van der Waals surface area (Å²) in [5.74, 6) is 2.38. The van der Waals surface area contributed by atoms with Gasteiger partial charge in [0.15, 0.2) is 5.82 Å². The Balaban J connectivity index is 1.37. The van der Waals surface area contributed by atoms with Gasteiger partial charge in [-0.05, 0) is 60.5 Å². The molecule has 7 nitrogen and oxygen atoms in total. The van der Waals surface area contributed by atoms with E-state index in [4.69, 9.17) is 9.47 Å². The second kappa shape index (κ2) is 8.26. The van der Waals surface area contributed by atoms with Crippen molar-refractivity contribution in [3.8, 4) is 22.8 Å². The molecule has 1 atom stereocenters. The van der Waals surface area contributed by atoms with Gasteiger partial charge in [-0.2, -0.15) is 5.10 Å². The Bertz CT molecular complexity index is 966. The first-order chi connectivity index (χ1) is 14.2. The van der Waals surface area contributed by atoms with E-state index in [2.05, 4.69) is 20.4 Å². The fourth-order valence-electron chi connectivity index (χ4n) is 3.49. The van der Waals surface area contributed by atoms with E-state index in [1.807, 2.05) is 30.3 Å². The number of carbonyl (C=O) groups excluding carboxylic acids is 1. The van der Waals surface area contributed by atoms with Crippen LogP contribution >= 0.6 is 0 Å². The summed E-state index contributed by atoms with van der Waals surface area (Å²) in [7, 11) is 3.26. The summed E-state index contributed by atoms with van der Waals surface area (Å²) in [4.78, 5) is 14.7. The zero-order chi connectivity index (χ0) is 20.2. The summed E-state index contributed by atoms with van der Waals surface area (Å²) in [6.45, 7) is 1.58. The number of carbonyl (C=O) groups is 1. The predicted octanol–water partition coefficient (Wildman–Crippen LogP) is 3.10. The molecule has 1 saturated heterocycles. The fraction of sp³-hybridized carbons (Fsp3) is 0.273. The van der Waals surface area contributed by atoms with Crippen LogP contribution in [0.3, 0.4) is 0 Å². The molecule has 0 spiro atoms. The number of aromatic nitrogens is 2. The number of hydrogen-bond acceptors (Lipinski definition) is 5. The third kappa shape index (κ3) is 4.18. The van der Waals surface area contributed by atoms with Crippen LogP contribution in [0.2, 0.25) is 0 Å². The van der Waals surface area contributed by atoms with E-state index in [1.54, 1.807) is 38.5 Å². The summed E-state index contributed by atoms with van der Waals surface area (Å²) in [6, 6.07) is 17.1. The highest BCUT2D eigenvalue weighted by molar-refractivity contribution is 5.94. The maximum absolute atomic E-state index is 12.5. The van der Waals surface area contributed by atoms with E-state index in [0.29, 0.717) is 5.56 Å². The number of hydrogen-bond donors (Lipinski definition) is 2. The van der Waals surface area contributed by atoms with E-state index >= 15 is 0 Å². The smallest absolute Gasteiger partial charge is 0.251 e.